The fourth-order valence-electron chi connectivity index (χ4n) is 2.35. The predicted molar refractivity (Wildman–Crippen MR) is 99.4 cm³/mol. The Morgan fingerprint density at radius 3 is 2.74 bits per heavy atom. The van der Waals surface area contributed by atoms with Crippen LogP contribution >= 0.6 is 11.6 Å². The van der Waals surface area contributed by atoms with E-state index in [9.17, 15) is 13.2 Å². The second-order valence-electron chi connectivity index (χ2n) is 5.39. The molecule has 0 atom stereocenters. The number of amides is 2. The molecule has 2 amide bonds. The lowest BCUT2D eigenvalue weighted by atomic mass is 10.2. The van der Waals surface area contributed by atoms with Gasteiger partial charge in [-0.15, -0.1) is 0 Å². The number of sulfonamides is 1. The molecule has 1 aromatic carbocycles. The van der Waals surface area contributed by atoms with E-state index in [-0.39, 0.29) is 27.3 Å². The number of halogens is 1. The van der Waals surface area contributed by atoms with Crippen LogP contribution in [-0.2, 0) is 10.0 Å². The van der Waals surface area contributed by atoms with Crippen LogP contribution in [0.4, 0.5) is 10.7 Å². The summed E-state index contributed by atoms with van der Waals surface area (Å²) < 4.78 is 32.3. The Labute approximate surface area is 159 Å². The minimum atomic E-state index is -4.31. The second-order valence-corrected chi connectivity index (χ2v) is 7.41. The van der Waals surface area contributed by atoms with Crippen LogP contribution in [0, 0.1) is 6.92 Å². The van der Waals surface area contributed by atoms with E-state index >= 15 is 0 Å². The number of anilines is 1. The summed E-state index contributed by atoms with van der Waals surface area (Å²) in [6, 6.07) is 6.91. The predicted octanol–water partition coefficient (Wildman–Crippen LogP) is 2.51. The van der Waals surface area contributed by atoms with Crippen LogP contribution < -0.4 is 14.8 Å². The van der Waals surface area contributed by atoms with Gasteiger partial charge in [0.15, 0.2) is 0 Å². The lowest BCUT2D eigenvalue weighted by Gasteiger charge is -2.11. The molecule has 2 heterocycles. The van der Waals surface area contributed by atoms with Crippen LogP contribution in [0.3, 0.4) is 0 Å². The molecule has 3 aromatic rings. The Morgan fingerprint density at radius 2 is 2.00 bits per heavy atom. The van der Waals surface area contributed by atoms with E-state index in [1.807, 2.05) is 4.72 Å². The highest BCUT2D eigenvalue weighted by molar-refractivity contribution is 7.90. The van der Waals surface area contributed by atoms with E-state index in [1.165, 1.54) is 19.4 Å². The molecule has 0 aliphatic carbocycles. The number of hydrogen-bond donors (Lipinski definition) is 2. The fraction of sp³-hybridized carbons (Fsp3) is 0.125. The van der Waals surface area contributed by atoms with E-state index < -0.39 is 16.1 Å². The van der Waals surface area contributed by atoms with Gasteiger partial charge in [0.25, 0.3) is 10.0 Å². The molecular weight excluding hydrogens is 394 g/mol. The highest BCUT2D eigenvalue weighted by Crippen LogP contribution is 2.28. The number of carbonyl (C=O) groups excluding carboxylic acids is 1. The van der Waals surface area contributed by atoms with Crippen molar-refractivity contribution in [2.75, 3.05) is 12.4 Å². The quantitative estimate of drug-likeness (QED) is 0.680. The molecular formula is C16H14ClN5O4S. The molecule has 0 radical (unpaired) electrons. The molecule has 9 nitrogen and oxygen atoms in total. The summed E-state index contributed by atoms with van der Waals surface area (Å²) in [5, 5.41) is 2.76. The molecule has 140 valence electrons. The van der Waals surface area contributed by atoms with E-state index in [1.54, 1.807) is 31.2 Å². The summed E-state index contributed by atoms with van der Waals surface area (Å²) in [6.07, 6.45) is 1.44. The molecule has 2 aromatic heterocycles. The van der Waals surface area contributed by atoms with Gasteiger partial charge in [-0.2, -0.15) is 4.98 Å². The zero-order valence-corrected chi connectivity index (χ0v) is 15.8. The van der Waals surface area contributed by atoms with Gasteiger partial charge in [0, 0.05) is 23.3 Å². The Balaban J connectivity index is 1.90. The Kier molecular flexibility index (Phi) is 5.10. The van der Waals surface area contributed by atoms with E-state index in [2.05, 4.69) is 20.3 Å². The third kappa shape index (κ3) is 4.07. The van der Waals surface area contributed by atoms with Gasteiger partial charge in [-0.3, -0.25) is 10.3 Å². The summed E-state index contributed by atoms with van der Waals surface area (Å²) in [7, 11) is -2.90. The van der Waals surface area contributed by atoms with Crippen molar-refractivity contribution in [3.05, 3.63) is 47.2 Å². The van der Waals surface area contributed by atoms with Crippen molar-refractivity contribution in [1.82, 2.24) is 19.7 Å². The van der Waals surface area contributed by atoms with E-state index in [4.69, 9.17) is 16.3 Å². The van der Waals surface area contributed by atoms with Crippen LogP contribution in [0.25, 0.3) is 10.9 Å². The third-order valence-electron chi connectivity index (χ3n) is 3.44. The van der Waals surface area contributed by atoms with Crippen LogP contribution in [0.5, 0.6) is 5.88 Å². The molecule has 0 unspecified atom stereocenters. The van der Waals surface area contributed by atoms with Crippen LogP contribution in [0.15, 0.2) is 41.4 Å². The normalized spacial score (nSPS) is 11.2. The molecule has 0 saturated carbocycles. The van der Waals surface area contributed by atoms with Crippen LogP contribution in [0.2, 0.25) is 5.02 Å². The first kappa shape index (κ1) is 18.8. The number of pyridine rings is 1. The Hall–Kier alpha value is -2.98. The maximum Gasteiger partial charge on any atom is 0.335 e. The average molecular weight is 408 g/mol. The fourth-order valence-corrected chi connectivity index (χ4v) is 3.95. The van der Waals surface area contributed by atoms with Gasteiger partial charge in [-0.25, -0.2) is 22.9 Å². The summed E-state index contributed by atoms with van der Waals surface area (Å²) in [5.41, 5.74) is 0.681. The number of methoxy groups -OCH3 is 1. The molecule has 2 N–H and O–H groups in total. The minimum absolute atomic E-state index is 0.0602. The minimum Gasteiger partial charge on any atom is -0.481 e. The zero-order valence-electron chi connectivity index (χ0n) is 14.2. The monoisotopic (exact) mass is 407 g/mol. The molecule has 0 saturated heterocycles. The number of urea groups is 1. The maximum atomic E-state index is 12.7. The molecule has 0 bridgehead atoms. The third-order valence-corrected chi connectivity index (χ3v) is 5.27. The lowest BCUT2D eigenvalue weighted by Crippen LogP contribution is -2.35. The van der Waals surface area contributed by atoms with Crippen molar-refractivity contribution in [3.63, 3.8) is 0 Å². The first-order chi connectivity index (χ1) is 12.8. The number of benzene rings is 1. The van der Waals surface area contributed by atoms with Crippen molar-refractivity contribution in [1.29, 1.82) is 0 Å². The molecule has 0 aliphatic heterocycles. The van der Waals surface area contributed by atoms with Crippen molar-refractivity contribution in [2.45, 2.75) is 11.8 Å². The van der Waals surface area contributed by atoms with Crippen molar-refractivity contribution in [3.8, 4) is 5.88 Å². The highest BCUT2D eigenvalue weighted by Gasteiger charge is 2.25. The summed E-state index contributed by atoms with van der Waals surface area (Å²) >= 11 is 6.06. The van der Waals surface area contributed by atoms with E-state index in [0.29, 0.717) is 11.1 Å². The first-order valence-electron chi connectivity index (χ1n) is 7.57. The molecule has 0 aliphatic rings. The van der Waals surface area contributed by atoms with Gasteiger partial charge in [-0.05, 0) is 19.1 Å². The van der Waals surface area contributed by atoms with Gasteiger partial charge in [0.2, 0.25) is 11.8 Å². The number of aryl methyl sites for hydroxylation is 1. The average Bonchev–Trinajstić information content (AvgIpc) is 2.60. The smallest absolute Gasteiger partial charge is 0.335 e. The number of ether oxygens (including phenoxy) is 1. The number of hydrogen-bond acceptors (Lipinski definition) is 7. The Morgan fingerprint density at radius 1 is 1.22 bits per heavy atom. The summed E-state index contributed by atoms with van der Waals surface area (Å²) in [4.78, 5) is 23.9. The molecule has 11 heteroatoms. The van der Waals surface area contributed by atoms with E-state index in [0.717, 1.165) is 0 Å². The number of carbonyl (C=O) groups is 1. The number of nitrogens with one attached hydrogen (secondary N) is 2. The standard InChI is InChI=1S/C16H14ClN5O4S/c1-9-8-12(26-2)20-15(19-9)21-16(23)22-27(24,25)14-11(17)6-5-10-4-3-7-18-13(10)14/h3-8H,1-2H3,(H2,19,20,21,22,23). The number of nitrogens with zero attached hydrogens (tertiary/aromatic N) is 3. The second kappa shape index (κ2) is 7.33. The maximum absolute atomic E-state index is 12.7. The highest BCUT2D eigenvalue weighted by atomic mass is 35.5. The summed E-state index contributed by atoms with van der Waals surface area (Å²) in [5.74, 6) is 0.114. The van der Waals surface area contributed by atoms with Crippen LogP contribution in [-0.4, -0.2) is 36.5 Å². The van der Waals surface area contributed by atoms with Gasteiger partial charge < -0.3 is 4.74 Å². The van der Waals surface area contributed by atoms with Gasteiger partial charge >= 0.3 is 6.03 Å². The van der Waals surface area contributed by atoms with Gasteiger partial charge in [-0.1, -0.05) is 23.7 Å². The molecule has 3 rings (SSSR count). The van der Waals surface area contributed by atoms with Crippen LogP contribution in [0.1, 0.15) is 5.69 Å². The molecule has 27 heavy (non-hydrogen) atoms. The Bertz CT molecular complexity index is 1140. The molecule has 0 fully saturated rings. The van der Waals surface area contributed by atoms with Crippen molar-refractivity contribution >= 4 is 44.5 Å². The zero-order chi connectivity index (χ0) is 19.6. The van der Waals surface area contributed by atoms with Gasteiger partial charge in [0.05, 0.1) is 17.6 Å². The molecule has 0 spiro atoms. The lowest BCUT2D eigenvalue weighted by molar-refractivity contribution is 0.256. The first-order valence-corrected chi connectivity index (χ1v) is 9.43. The van der Waals surface area contributed by atoms with Crippen molar-refractivity contribution < 1.29 is 17.9 Å². The summed E-state index contributed by atoms with van der Waals surface area (Å²) in [6.45, 7) is 1.67. The SMILES string of the molecule is COc1cc(C)nc(NC(=O)NS(=O)(=O)c2c(Cl)ccc3cccnc23)n1. The number of rotatable bonds is 4. The largest absolute Gasteiger partial charge is 0.481 e. The topological polar surface area (TPSA) is 123 Å². The number of fused-ring (bicyclic) bond motifs is 1. The van der Waals surface area contributed by atoms with Crippen molar-refractivity contribution in [2.24, 2.45) is 0 Å². The van der Waals surface area contributed by atoms with Gasteiger partial charge in [0.1, 0.15) is 4.90 Å². The number of aromatic nitrogens is 3.